The summed E-state index contributed by atoms with van der Waals surface area (Å²) in [4.78, 5) is 5.59. The largest absolute Gasteiger partial charge is 0.497 e. The third kappa shape index (κ3) is 4.97. The van der Waals surface area contributed by atoms with Gasteiger partial charge in [-0.2, -0.15) is 5.10 Å². The minimum absolute atomic E-state index is 0.161. The van der Waals surface area contributed by atoms with E-state index in [2.05, 4.69) is 35.2 Å². The molecule has 7 heteroatoms. The lowest BCUT2D eigenvalue weighted by Crippen LogP contribution is -2.16. The molecule has 0 radical (unpaired) electrons. The monoisotopic (exact) mass is 473 g/mol. The van der Waals surface area contributed by atoms with Crippen LogP contribution in [0.5, 0.6) is 11.5 Å². The van der Waals surface area contributed by atoms with E-state index in [0.29, 0.717) is 0 Å². The van der Waals surface area contributed by atoms with E-state index in [9.17, 15) is 0 Å². The van der Waals surface area contributed by atoms with Gasteiger partial charge in [-0.25, -0.2) is 4.68 Å². The first kappa shape index (κ1) is 21.3. The summed E-state index contributed by atoms with van der Waals surface area (Å²) in [6.45, 7) is 6.12. The Morgan fingerprint density at radius 1 is 1.07 bits per heavy atom. The van der Waals surface area contributed by atoms with Crippen LogP contribution in [0.1, 0.15) is 26.3 Å². The fraction of sp³-hybridized carbons (Fsp3) is 0.273. The molecule has 3 rings (SSSR count). The predicted octanol–water partition coefficient (Wildman–Crippen LogP) is 5.58. The molecular formula is C22H24BrN3O2S. The van der Waals surface area contributed by atoms with Crippen molar-refractivity contribution in [1.82, 2.24) is 4.68 Å². The molecule has 0 N–H and O–H groups in total. The van der Waals surface area contributed by atoms with Gasteiger partial charge < -0.3 is 9.47 Å². The molecule has 1 heterocycles. The van der Waals surface area contributed by atoms with Gasteiger partial charge in [0.1, 0.15) is 11.5 Å². The third-order valence-electron chi connectivity index (χ3n) is 4.25. The van der Waals surface area contributed by atoms with Gasteiger partial charge in [0.25, 0.3) is 0 Å². The summed E-state index contributed by atoms with van der Waals surface area (Å²) in [5.74, 6) is 1.47. The van der Waals surface area contributed by atoms with Crippen LogP contribution in [-0.2, 0) is 0 Å². The topological polar surface area (TPSA) is 48.1 Å². The molecule has 0 saturated carbocycles. The minimum atomic E-state index is 0.161. The Balaban J connectivity index is 2.19. The molecule has 0 spiro atoms. The highest BCUT2D eigenvalue weighted by atomic mass is 79.9. The average Bonchev–Trinajstić information content (AvgIpc) is 3.09. The van der Waals surface area contributed by atoms with Gasteiger partial charge >= 0.3 is 0 Å². The molecule has 1 aromatic heterocycles. The Bertz CT molecular complexity index is 1080. The van der Waals surface area contributed by atoms with Gasteiger partial charge in [-0.1, -0.05) is 28.1 Å². The Labute approximate surface area is 183 Å². The highest BCUT2D eigenvalue weighted by molar-refractivity contribution is 9.10. The average molecular weight is 474 g/mol. The smallest absolute Gasteiger partial charge is 0.206 e. The number of halogens is 1. The van der Waals surface area contributed by atoms with Crippen molar-refractivity contribution in [2.24, 2.45) is 10.1 Å². The third-order valence-corrected chi connectivity index (χ3v) is 5.61. The van der Waals surface area contributed by atoms with Crippen LogP contribution in [0.2, 0.25) is 0 Å². The van der Waals surface area contributed by atoms with E-state index in [0.717, 1.165) is 43.3 Å². The molecule has 3 aromatic rings. The molecule has 0 aliphatic rings. The van der Waals surface area contributed by atoms with Gasteiger partial charge in [-0.15, -0.1) is 11.3 Å². The maximum absolute atomic E-state index is 5.62. The van der Waals surface area contributed by atoms with E-state index in [1.807, 2.05) is 54.1 Å². The highest BCUT2D eigenvalue weighted by Crippen LogP contribution is 2.33. The molecule has 5 nitrogen and oxygen atoms in total. The SMILES string of the molecule is COc1ccc(-c2csc(=NC(C)C)n2N=C(C)c2ccc(Br)cc2)c(OC)c1. The summed E-state index contributed by atoms with van der Waals surface area (Å²) in [7, 11) is 3.30. The summed E-state index contributed by atoms with van der Waals surface area (Å²) < 4.78 is 13.9. The van der Waals surface area contributed by atoms with Gasteiger partial charge in [0.05, 0.1) is 25.6 Å². The first-order chi connectivity index (χ1) is 13.9. The van der Waals surface area contributed by atoms with E-state index in [1.54, 1.807) is 25.6 Å². The van der Waals surface area contributed by atoms with Crippen LogP contribution in [0.25, 0.3) is 11.3 Å². The van der Waals surface area contributed by atoms with Crippen LogP contribution in [0, 0.1) is 0 Å². The predicted molar refractivity (Wildman–Crippen MR) is 123 cm³/mol. The number of rotatable bonds is 6. The van der Waals surface area contributed by atoms with Crippen molar-refractivity contribution < 1.29 is 9.47 Å². The van der Waals surface area contributed by atoms with Crippen LogP contribution in [-0.4, -0.2) is 30.6 Å². The lowest BCUT2D eigenvalue weighted by Gasteiger charge is -2.12. The summed E-state index contributed by atoms with van der Waals surface area (Å²) >= 11 is 5.04. The van der Waals surface area contributed by atoms with Crippen LogP contribution < -0.4 is 14.3 Å². The molecule has 0 aliphatic carbocycles. The first-order valence-corrected chi connectivity index (χ1v) is 10.9. The number of ether oxygens (including phenoxy) is 2. The van der Waals surface area contributed by atoms with Gasteiger partial charge in [0, 0.05) is 27.5 Å². The van der Waals surface area contributed by atoms with E-state index < -0.39 is 0 Å². The maximum atomic E-state index is 5.62. The summed E-state index contributed by atoms with van der Waals surface area (Å²) in [6, 6.07) is 14.1. The van der Waals surface area contributed by atoms with Crippen molar-refractivity contribution in [2.45, 2.75) is 26.8 Å². The van der Waals surface area contributed by atoms with Crippen molar-refractivity contribution in [3.8, 4) is 22.8 Å². The quantitative estimate of drug-likeness (QED) is 0.438. The molecule has 29 heavy (non-hydrogen) atoms. The highest BCUT2D eigenvalue weighted by Gasteiger charge is 2.14. The van der Waals surface area contributed by atoms with Crippen molar-refractivity contribution in [2.75, 3.05) is 14.2 Å². The number of hydrogen-bond acceptors (Lipinski definition) is 5. The fourth-order valence-corrected chi connectivity index (χ4v) is 4.02. The van der Waals surface area contributed by atoms with Crippen molar-refractivity contribution in [3.05, 3.63) is 62.7 Å². The normalized spacial score (nSPS) is 12.5. The van der Waals surface area contributed by atoms with Crippen LogP contribution in [0.4, 0.5) is 0 Å². The maximum Gasteiger partial charge on any atom is 0.206 e. The van der Waals surface area contributed by atoms with E-state index in [4.69, 9.17) is 19.6 Å². The van der Waals surface area contributed by atoms with Crippen LogP contribution in [0.3, 0.4) is 0 Å². The Hall–Kier alpha value is -2.38. The van der Waals surface area contributed by atoms with Gasteiger partial charge in [-0.3, -0.25) is 4.99 Å². The zero-order valence-corrected chi connectivity index (χ0v) is 19.5. The number of nitrogens with zero attached hydrogens (tertiary/aromatic N) is 3. The lowest BCUT2D eigenvalue weighted by atomic mass is 10.1. The molecule has 0 aliphatic heterocycles. The number of aromatic nitrogens is 1. The number of benzene rings is 2. The van der Waals surface area contributed by atoms with Gasteiger partial charge in [0.15, 0.2) is 0 Å². The second-order valence-corrected chi connectivity index (χ2v) is 8.45. The first-order valence-electron chi connectivity index (χ1n) is 9.21. The van der Waals surface area contributed by atoms with Gasteiger partial charge in [-0.05, 0) is 50.6 Å². The van der Waals surface area contributed by atoms with Crippen molar-refractivity contribution in [1.29, 1.82) is 0 Å². The molecule has 2 aromatic carbocycles. The van der Waals surface area contributed by atoms with E-state index in [-0.39, 0.29) is 6.04 Å². The van der Waals surface area contributed by atoms with Crippen LogP contribution in [0.15, 0.2) is 62.4 Å². The Kier molecular flexibility index (Phi) is 6.92. The molecule has 0 saturated heterocycles. The molecule has 0 fully saturated rings. The minimum Gasteiger partial charge on any atom is -0.497 e. The van der Waals surface area contributed by atoms with E-state index >= 15 is 0 Å². The zero-order chi connectivity index (χ0) is 21.0. The molecule has 0 bridgehead atoms. The number of hydrogen-bond donors (Lipinski definition) is 0. The summed E-state index contributed by atoms with van der Waals surface area (Å²) in [6.07, 6.45) is 0. The molecule has 152 valence electrons. The standard InChI is InChI=1S/C22H24BrN3O2S/c1-14(2)24-22-26(25-15(3)16-6-8-17(23)9-7-16)20(13-29-22)19-11-10-18(27-4)12-21(19)28-5/h6-14H,1-5H3. The Morgan fingerprint density at radius 2 is 1.79 bits per heavy atom. The van der Waals surface area contributed by atoms with Crippen LogP contribution >= 0.6 is 27.3 Å². The fourth-order valence-electron chi connectivity index (χ4n) is 2.80. The molecular weight excluding hydrogens is 450 g/mol. The van der Waals surface area contributed by atoms with E-state index in [1.165, 1.54) is 0 Å². The molecule has 0 unspecified atom stereocenters. The van der Waals surface area contributed by atoms with Crippen molar-refractivity contribution >= 4 is 33.0 Å². The second kappa shape index (κ2) is 9.41. The van der Waals surface area contributed by atoms with Gasteiger partial charge in [0.2, 0.25) is 4.80 Å². The molecule has 0 atom stereocenters. The number of thiazole rings is 1. The summed E-state index contributed by atoms with van der Waals surface area (Å²) in [5.41, 5.74) is 3.80. The summed E-state index contributed by atoms with van der Waals surface area (Å²) in [5, 5.41) is 6.97. The molecule has 0 amide bonds. The zero-order valence-electron chi connectivity index (χ0n) is 17.1. The lowest BCUT2D eigenvalue weighted by molar-refractivity contribution is 0.395. The second-order valence-electron chi connectivity index (χ2n) is 6.70. The number of methoxy groups -OCH3 is 2. The Morgan fingerprint density at radius 3 is 2.41 bits per heavy atom. The van der Waals surface area contributed by atoms with Crippen molar-refractivity contribution in [3.63, 3.8) is 0 Å².